The summed E-state index contributed by atoms with van der Waals surface area (Å²) in [5, 5.41) is 4.45. The van der Waals surface area contributed by atoms with Crippen LogP contribution in [0.4, 0.5) is 0 Å². The normalized spacial score (nSPS) is 31.5. The fourth-order valence-corrected chi connectivity index (χ4v) is 5.71. The number of rotatable bonds is 1. The van der Waals surface area contributed by atoms with Gasteiger partial charge in [0.05, 0.1) is 22.8 Å². The minimum absolute atomic E-state index is 0.0166. The van der Waals surface area contributed by atoms with E-state index in [2.05, 4.69) is 10.3 Å². The highest BCUT2D eigenvalue weighted by Crippen LogP contribution is 2.44. The van der Waals surface area contributed by atoms with Crippen molar-refractivity contribution in [2.24, 2.45) is 11.8 Å². The molecule has 3 aromatic rings. The molecule has 1 aliphatic carbocycles. The standard InChI is InChI=1S/C24H24N2O4/c27-21-16-5-3-10-25-23(16)29-19-8-7-13(12-17(19)21)14-9-11-26-24-20(14)22(28)15-4-1-2-6-18(15)30-24/h3,5,7-8,10,12,14-15,18,20,24,26H,1-2,4,6,9,11H2. The van der Waals surface area contributed by atoms with Crippen molar-refractivity contribution in [2.75, 3.05) is 6.54 Å². The summed E-state index contributed by atoms with van der Waals surface area (Å²) in [5.41, 5.74) is 1.81. The van der Waals surface area contributed by atoms with E-state index < -0.39 is 0 Å². The van der Waals surface area contributed by atoms with Gasteiger partial charge in [-0.25, -0.2) is 4.98 Å². The number of fused-ring (bicyclic) bond motifs is 4. The Labute approximate surface area is 173 Å². The van der Waals surface area contributed by atoms with Gasteiger partial charge in [-0.1, -0.05) is 18.9 Å². The third-order valence-corrected chi connectivity index (χ3v) is 7.18. The third-order valence-electron chi connectivity index (χ3n) is 7.18. The van der Waals surface area contributed by atoms with E-state index in [1.807, 2.05) is 18.2 Å². The van der Waals surface area contributed by atoms with Crippen LogP contribution in [0.2, 0.25) is 0 Å². The molecule has 2 aromatic heterocycles. The molecule has 0 radical (unpaired) electrons. The lowest BCUT2D eigenvalue weighted by Gasteiger charge is -2.48. The number of pyridine rings is 1. The monoisotopic (exact) mass is 404 g/mol. The summed E-state index contributed by atoms with van der Waals surface area (Å²) < 4.78 is 12.2. The Hall–Kier alpha value is -2.57. The molecule has 1 aromatic carbocycles. The summed E-state index contributed by atoms with van der Waals surface area (Å²) >= 11 is 0. The van der Waals surface area contributed by atoms with Crippen LogP contribution < -0.4 is 10.7 Å². The number of hydrogen-bond acceptors (Lipinski definition) is 6. The molecule has 6 rings (SSSR count). The molecule has 154 valence electrons. The zero-order chi connectivity index (χ0) is 20.2. The van der Waals surface area contributed by atoms with Crippen LogP contribution in [0.1, 0.15) is 43.6 Å². The van der Waals surface area contributed by atoms with E-state index in [0.717, 1.165) is 44.2 Å². The molecule has 2 aliphatic heterocycles. The van der Waals surface area contributed by atoms with Gasteiger partial charge in [0.15, 0.2) is 0 Å². The molecule has 5 unspecified atom stereocenters. The molecule has 0 bridgehead atoms. The Morgan fingerprint density at radius 2 is 1.90 bits per heavy atom. The highest BCUT2D eigenvalue weighted by molar-refractivity contribution is 5.89. The number of ether oxygens (including phenoxy) is 1. The van der Waals surface area contributed by atoms with Crippen molar-refractivity contribution in [2.45, 2.75) is 50.4 Å². The highest BCUT2D eigenvalue weighted by Gasteiger charge is 2.50. The van der Waals surface area contributed by atoms with Crippen molar-refractivity contribution in [1.29, 1.82) is 0 Å². The number of nitrogens with one attached hydrogen (secondary N) is 1. The Bertz CT molecular complexity index is 1200. The van der Waals surface area contributed by atoms with Gasteiger partial charge in [0, 0.05) is 12.1 Å². The van der Waals surface area contributed by atoms with Gasteiger partial charge >= 0.3 is 0 Å². The van der Waals surface area contributed by atoms with E-state index in [4.69, 9.17) is 9.15 Å². The summed E-state index contributed by atoms with van der Waals surface area (Å²) in [6, 6.07) is 9.23. The van der Waals surface area contributed by atoms with Gasteiger partial charge in [-0.15, -0.1) is 0 Å². The maximum absolute atomic E-state index is 13.5. The Balaban J connectivity index is 1.43. The van der Waals surface area contributed by atoms with E-state index in [1.54, 1.807) is 18.3 Å². The van der Waals surface area contributed by atoms with Gasteiger partial charge in [-0.2, -0.15) is 0 Å². The lowest BCUT2D eigenvalue weighted by Crippen LogP contribution is -2.59. The van der Waals surface area contributed by atoms with Crippen LogP contribution in [0, 0.1) is 11.8 Å². The molecule has 6 nitrogen and oxygen atoms in total. The lowest BCUT2D eigenvalue weighted by atomic mass is 9.69. The van der Waals surface area contributed by atoms with Gasteiger partial charge < -0.3 is 9.15 Å². The van der Waals surface area contributed by atoms with Crippen molar-refractivity contribution in [1.82, 2.24) is 10.3 Å². The largest absolute Gasteiger partial charge is 0.437 e. The fourth-order valence-electron chi connectivity index (χ4n) is 5.71. The average Bonchev–Trinajstić information content (AvgIpc) is 2.79. The molecule has 5 atom stereocenters. The Morgan fingerprint density at radius 1 is 1.00 bits per heavy atom. The molecule has 0 amide bonds. The Morgan fingerprint density at radius 3 is 2.83 bits per heavy atom. The Kier molecular flexibility index (Phi) is 4.25. The fraction of sp³-hybridized carbons (Fsp3) is 0.458. The van der Waals surface area contributed by atoms with Crippen molar-refractivity contribution < 1.29 is 13.9 Å². The van der Waals surface area contributed by atoms with Gasteiger partial charge in [0.1, 0.15) is 17.6 Å². The van der Waals surface area contributed by atoms with E-state index >= 15 is 0 Å². The first-order valence-corrected chi connectivity index (χ1v) is 10.9. The molecule has 30 heavy (non-hydrogen) atoms. The second-order valence-electron chi connectivity index (χ2n) is 8.81. The van der Waals surface area contributed by atoms with Gasteiger partial charge in [-0.05, 0) is 61.6 Å². The van der Waals surface area contributed by atoms with Gasteiger partial charge in [0.2, 0.25) is 11.1 Å². The smallest absolute Gasteiger partial charge is 0.230 e. The minimum Gasteiger partial charge on any atom is -0.437 e. The van der Waals surface area contributed by atoms with E-state index in [9.17, 15) is 9.59 Å². The van der Waals surface area contributed by atoms with Crippen molar-refractivity contribution >= 4 is 27.9 Å². The van der Waals surface area contributed by atoms with E-state index in [1.165, 1.54) is 0 Å². The number of ketones is 1. The van der Waals surface area contributed by atoms with Crippen LogP contribution >= 0.6 is 0 Å². The predicted molar refractivity (Wildman–Crippen MR) is 112 cm³/mol. The van der Waals surface area contributed by atoms with Crippen LogP contribution in [0.15, 0.2) is 45.7 Å². The molecule has 6 heteroatoms. The maximum Gasteiger partial charge on any atom is 0.230 e. The number of hydrogen-bond donors (Lipinski definition) is 1. The predicted octanol–water partition coefficient (Wildman–Crippen LogP) is 3.52. The number of carbonyl (C=O) groups is 1. The molecule has 1 N–H and O–H groups in total. The number of aromatic nitrogens is 1. The average molecular weight is 404 g/mol. The van der Waals surface area contributed by atoms with E-state index in [-0.39, 0.29) is 35.5 Å². The summed E-state index contributed by atoms with van der Waals surface area (Å²) in [6.07, 6.45) is 6.43. The number of piperidine rings is 1. The van der Waals surface area contributed by atoms with Crippen LogP contribution in [0.3, 0.4) is 0 Å². The third kappa shape index (κ3) is 2.74. The zero-order valence-electron chi connectivity index (χ0n) is 16.7. The number of nitrogens with zero attached hydrogens (tertiary/aromatic N) is 1. The summed E-state index contributed by atoms with van der Waals surface area (Å²) in [7, 11) is 0. The first-order valence-electron chi connectivity index (χ1n) is 10.9. The summed E-state index contributed by atoms with van der Waals surface area (Å²) in [6.45, 7) is 0.796. The van der Waals surface area contributed by atoms with Crippen LogP contribution in [0.5, 0.6) is 0 Å². The maximum atomic E-state index is 13.5. The number of Topliss-reactive ketones (excluding diaryl/α,β-unsaturated/α-hetero) is 1. The first-order chi connectivity index (χ1) is 14.7. The highest BCUT2D eigenvalue weighted by atomic mass is 16.5. The zero-order valence-corrected chi connectivity index (χ0v) is 16.7. The molecule has 2 saturated heterocycles. The second-order valence-corrected chi connectivity index (χ2v) is 8.81. The van der Waals surface area contributed by atoms with Crippen LogP contribution in [-0.4, -0.2) is 29.6 Å². The minimum atomic E-state index is -0.233. The van der Waals surface area contributed by atoms with Gasteiger partial charge in [0.25, 0.3) is 0 Å². The number of carbonyl (C=O) groups excluding carboxylic acids is 1. The molecular weight excluding hydrogens is 380 g/mol. The topological polar surface area (TPSA) is 81.4 Å². The first kappa shape index (κ1) is 18.2. The quantitative estimate of drug-likeness (QED) is 0.625. The number of benzene rings is 1. The van der Waals surface area contributed by atoms with Crippen molar-refractivity contribution in [3.05, 3.63) is 52.3 Å². The molecular formula is C24H24N2O4. The van der Waals surface area contributed by atoms with Crippen LogP contribution in [0.25, 0.3) is 22.1 Å². The van der Waals surface area contributed by atoms with Crippen LogP contribution in [-0.2, 0) is 9.53 Å². The second kappa shape index (κ2) is 7.00. The van der Waals surface area contributed by atoms with Gasteiger partial charge in [-0.3, -0.25) is 14.9 Å². The van der Waals surface area contributed by atoms with E-state index in [0.29, 0.717) is 27.9 Å². The molecule has 3 aliphatic rings. The SMILES string of the molecule is O=C1C2CCCCC2OC2NCCC(c3ccc4oc5ncccc5c(=O)c4c3)C12. The molecule has 0 spiro atoms. The summed E-state index contributed by atoms with van der Waals surface area (Å²) in [4.78, 5) is 30.7. The molecule has 3 fully saturated rings. The van der Waals surface area contributed by atoms with Crippen molar-refractivity contribution in [3.63, 3.8) is 0 Å². The van der Waals surface area contributed by atoms with Crippen molar-refractivity contribution in [3.8, 4) is 0 Å². The lowest BCUT2D eigenvalue weighted by molar-refractivity contribution is -0.174. The summed E-state index contributed by atoms with van der Waals surface area (Å²) in [5.74, 6) is 0.190. The molecule has 1 saturated carbocycles. The molecule has 4 heterocycles.